The first-order valence-corrected chi connectivity index (χ1v) is 3.75. The minimum Gasteiger partial charge on any atom is -0.147 e. The van der Waals surface area contributed by atoms with Gasteiger partial charge < -0.3 is 0 Å². The van der Waals surface area contributed by atoms with Gasteiger partial charge in [0.15, 0.2) is 0 Å². The van der Waals surface area contributed by atoms with Crippen molar-refractivity contribution in [3.8, 4) is 0 Å². The lowest BCUT2D eigenvalue weighted by molar-refractivity contribution is 0.881. The van der Waals surface area contributed by atoms with Crippen LogP contribution in [0.4, 0.5) is 0 Å². The van der Waals surface area contributed by atoms with Crippen LogP contribution in [0.2, 0.25) is 0 Å². The van der Waals surface area contributed by atoms with E-state index in [1.54, 1.807) is 0 Å². The van der Waals surface area contributed by atoms with Crippen molar-refractivity contribution in [2.75, 3.05) is 0 Å². The molecule has 58 valence electrons. The van der Waals surface area contributed by atoms with Crippen LogP contribution in [-0.2, 0) is 0 Å². The molecular weight excluding hydrogens is 136 g/mol. The van der Waals surface area contributed by atoms with Crippen LogP contribution in [0.1, 0.15) is 20.8 Å². The maximum atomic E-state index is 4.00. The minimum atomic E-state index is 0.432. The third-order valence-corrected chi connectivity index (χ3v) is 1.48. The zero-order valence-electron chi connectivity index (χ0n) is 7.13. The molecular formula is C9H12N2. The first-order valence-electron chi connectivity index (χ1n) is 3.75. The molecule has 2 nitrogen and oxygen atoms in total. The van der Waals surface area contributed by atoms with E-state index in [1.165, 1.54) is 0 Å². The second-order valence-corrected chi connectivity index (χ2v) is 2.94. The molecule has 0 radical (unpaired) electrons. The van der Waals surface area contributed by atoms with Crippen LogP contribution in [0.5, 0.6) is 0 Å². The van der Waals surface area contributed by atoms with Gasteiger partial charge in [-0.2, -0.15) is 0 Å². The molecule has 0 aliphatic carbocycles. The molecule has 0 bridgehead atoms. The van der Waals surface area contributed by atoms with E-state index in [4.69, 9.17) is 0 Å². The molecule has 0 spiro atoms. The molecule has 0 amide bonds. The van der Waals surface area contributed by atoms with Crippen molar-refractivity contribution >= 4 is 11.6 Å². The van der Waals surface area contributed by atoms with Gasteiger partial charge in [-0.3, -0.25) is 0 Å². The smallest absolute Gasteiger partial charge is 0.0666 e. The zero-order valence-corrected chi connectivity index (χ0v) is 7.13. The van der Waals surface area contributed by atoms with Crippen molar-refractivity contribution in [1.82, 2.24) is 0 Å². The molecule has 2 heteroatoms. The Morgan fingerprint density at radius 1 is 1.45 bits per heavy atom. The molecule has 0 aromatic carbocycles. The van der Waals surface area contributed by atoms with Crippen molar-refractivity contribution in [1.29, 1.82) is 0 Å². The molecule has 0 saturated heterocycles. The summed E-state index contributed by atoms with van der Waals surface area (Å²) < 4.78 is 0. The molecule has 0 fully saturated rings. The predicted molar refractivity (Wildman–Crippen MR) is 48.0 cm³/mol. The Kier molecular flexibility index (Phi) is 2.40. The van der Waals surface area contributed by atoms with Gasteiger partial charge in [0, 0.05) is 11.9 Å². The maximum absolute atomic E-state index is 4.00. The third kappa shape index (κ3) is 2.17. The molecule has 0 aromatic heterocycles. The molecule has 1 heterocycles. The summed E-state index contributed by atoms with van der Waals surface area (Å²) in [6.07, 6.45) is 3.87. The average Bonchev–Trinajstić information content (AvgIpc) is 2.13. The van der Waals surface area contributed by atoms with Crippen molar-refractivity contribution in [3.63, 3.8) is 0 Å². The summed E-state index contributed by atoms with van der Waals surface area (Å²) in [4.78, 5) is 0. The molecule has 0 atom stereocenters. The summed E-state index contributed by atoms with van der Waals surface area (Å²) in [5.41, 5.74) is 2.17. The van der Waals surface area contributed by atoms with Gasteiger partial charge in [-0.25, -0.2) is 0 Å². The van der Waals surface area contributed by atoms with Crippen LogP contribution in [0, 0.1) is 5.92 Å². The van der Waals surface area contributed by atoms with Crippen LogP contribution in [0.15, 0.2) is 27.9 Å². The van der Waals surface area contributed by atoms with Gasteiger partial charge in [-0.1, -0.05) is 13.8 Å². The van der Waals surface area contributed by atoms with E-state index in [0.717, 1.165) is 11.3 Å². The van der Waals surface area contributed by atoms with Crippen LogP contribution in [0.3, 0.4) is 0 Å². The molecule has 0 N–H and O–H groups in total. The first-order chi connectivity index (χ1) is 5.20. The van der Waals surface area contributed by atoms with Crippen molar-refractivity contribution in [3.05, 3.63) is 17.7 Å². The van der Waals surface area contributed by atoms with E-state index in [1.807, 2.05) is 19.1 Å². The van der Waals surface area contributed by atoms with Gasteiger partial charge in [0.2, 0.25) is 0 Å². The molecule has 0 saturated carbocycles. The Morgan fingerprint density at radius 3 is 2.82 bits per heavy atom. The number of hydrogen-bond donors (Lipinski definition) is 0. The monoisotopic (exact) mass is 148 g/mol. The van der Waals surface area contributed by atoms with Gasteiger partial charge in [-0.15, -0.1) is 10.2 Å². The van der Waals surface area contributed by atoms with Gasteiger partial charge in [0.1, 0.15) is 0 Å². The highest BCUT2D eigenvalue weighted by atomic mass is 15.2. The highest BCUT2D eigenvalue weighted by Gasteiger charge is 2.02. The Morgan fingerprint density at radius 2 is 2.18 bits per heavy atom. The fraction of sp³-hybridized carbons (Fsp3) is 0.444. The number of hydrogen-bond acceptors (Lipinski definition) is 2. The number of nitrogens with zero attached hydrogens (tertiary/aromatic N) is 2. The van der Waals surface area contributed by atoms with Crippen molar-refractivity contribution in [2.45, 2.75) is 20.8 Å². The van der Waals surface area contributed by atoms with Crippen molar-refractivity contribution < 1.29 is 0 Å². The fourth-order valence-corrected chi connectivity index (χ4v) is 0.803. The summed E-state index contributed by atoms with van der Waals surface area (Å²) in [6.45, 7) is 6.22. The van der Waals surface area contributed by atoms with Gasteiger partial charge >= 0.3 is 0 Å². The molecule has 1 rings (SSSR count). The van der Waals surface area contributed by atoms with E-state index < -0.39 is 0 Å². The summed E-state index contributed by atoms with van der Waals surface area (Å²) in [7, 11) is 0. The topological polar surface area (TPSA) is 24.7 Å². The summed E-state index contributed by atoms with van der Waals surface area (Å²) in [5, 5.41) is 7.75. The highest BCUT2D eigenvalue weighted by molar-refractivity contribution is 5.98. The Bertz CT molecular complexity index is 263. The van der Waals surface area contributed by atoms with E-state index in [9.17, 15) is 0 Å². The van der Waals surface area contributed by atoms with Crippen molar-refractivity contribution in [2.24, 2.45) is 16.1 Å². The third-order valence-electron chi connectivity index (χ3n) is 1.48. The van der Waals surface area contributed by atoms with Gasteiger partial charge in [-0.05, 0) is 24.5 Å². The minimum absolute atomic E-state index is 0.432. The Labute approximate surface area is 67.0 Å². The second-order valence-electron chi connectivity index (χ2n) is 2.94. The van der Waals surface area contributed by atoms with E-state index >= 15 is 0 Å². The molecule has 1 aliphatic rings. The van der Waals surface area contributed by atoms with E-state index in [0.29, 0.717) is 5.92 Å². The van der Waals surface area contributed by atoms with Crippen LogP contribution >= 0.6 is 0 Å². The Hall–Kier alpha value is -1.14. The highest BCUT2D eigenvalue weighted by Crippen LogP contribution is 2.05. The summed E-state index contributed by atoms with van der Waals surface area (Å²) >= 11 is 0. The zero-order chi connectivity index (χ0) is 8.27. The lowest BCUT2D eigenvalue weighted by atomic mass is 10.1. The van der Waals surface area contributed by atoms with Crippen LogP contribution in [-0.4, -0.2) is 11.6 Å². The second kappa shape index (κ2) is 3.31. The standard InChI is InChI=1S/C9H12N2/c1-7(2)9-6-8(3)4-5-10-11-9/h4,6-7H,1-3H3. The quantitative estimate of drug-likeness (QED) is 0.544. The molecule has 1 aliphatic heterocycles. The van der Waals surface area contributed by atoms with E-state index in [-0.39, 0.29) is 0 Å². The molecule has 0 unspecified atom stereocenters. The number of allylic oxidation sites excluding steroid dienone is 3. The SMILES string of the molecule is CC1=CC(C(C)C)=NN=C=C1. The molecule has 11 heavy (non-hydrogen) atoms. The average molecular weight is 148 g/mol. The van der Waals surface area contributed by atoms with Crippen LogP contribution in [0.25, 0.3) is 0 Å². The summed E-state index contributed by atoms with van der Waals surface area (Å²) in [6, 6.07) is 0. The fourth-order valence-electron chi connectivity index (χ4n) is 0.803. The normalized spacial score (nSPS) is 16.4. The predicted octanol–water partition coefficient (Wildman–Crippen LogP) is 2.18. The molecule has 0 aromatic rings. The number of rotatable bonds is 1. The maximum Gasteiger partial charge on any atom is 0.0666 e. The first kappa shape index (κ1) is 7.96. The largest absolute Gasteiger partial charge is 0.147 e. The lowest BCUT2D eigenvalue weighted by Crippen LogP contribution is -2.03. The van der Waals surface area contributed by atoms with Gasteiger partial charge in [0.05, 0.1) is 5.71 Å². The lowest BCUT2D eigenvalue weighted by Gasteiger charge is -2.01. The Balaban J connectivity index is 2.94. The summed E-state index contributed by atoms with van der Waals surface area (Å²) in [5.74, 6) is 3.16. The van der Waals surface area contributed by atoms with Gasteiger partial charge in [0.25, 0.3) is 0 Å². The van der Waals surface area contributed by atoms with Crippen LogP contribution < -0.4 is 0 Å². The van der Waals surface area contributed by atoms with E-state index in [2.05, 4.69) is 29.9 Å².